The maximum atomic E-state index is 11.8. The van der Waals surface area contributed by atoms with E-state index in [4.69, 9.17) is 16.3 Å². The lowest BCUT2D eigenvalue weighted by Gasteiger charge is -2.22. The Balaban J connectivity index is 1.69. The fraction of sp³-hybridized carbons (Fsp3) is 0.583. The lowest BCUT2D eigenvalue weighted by Crippen LogP contribution is -2.32. The first-order chi connectivity index (χ1) is 8.25. The number of thiophene rings is 1. The molecule has 94 valence electrons. The molecule has 3 nitrogen and oxygen atoms in total. The van der Waals surface area contributed by atoms with Crippen molar-refractivity contribution < 1.29 is 9.53 Å². The number of carbonyl (C=O) groups excluding carboxylic acids is 1. The second-order valence-electron chi connectivity index (χ2n) is 4.10. The van der Waals surface area contributed by atoms with Gasteiger partial charge in [0.25, 0.3) is 0 Å². The van der Waals surface area contributed by atoms with Crippen LogP contribution in [0, 0.1) is 0 Å². The third-order valence-corrected chi connectivity index (χ3v) is 4.09. The van der Waals surface area contributed by atoms with E-state index < -0.39 is 0 Å². The van der Waals surface area contributed by atoms with Gasteiger partial charge in [0.15, 0.2) is 5.78 Å². The molecule has 2 rings (SSSR count). The van der Waals surface area contributed by atoms with Gasteiger partial charge in [-0.25, -0.2) is 0 Å². The quantitative estimate of drug-likeness (QED) is 0.839. The topological polar surface area (TPSA) is 38.3 Å². The van der Waals surface area contributed by atoms with E-state index >= 15 is 0 Å². The summed E-state index contributed by atoms with van der Waals surface area (Å²) in [5.41, 5.74) is 0. The Labute approximate surface area is 110 Å². The molecule has 0 unspecified atom stereocenters. The SMILES string of the molecule is O=C(CCOC1CCNCC1)c1ccc(Cl)s1. The summed E-state index contributed by atoms with van der Waals surface area (Å²) in [5.74, 6) is 0.121. The number of piperidine rings is 1. The Morgan fingerprint density at radius 1 is 1.47 bits per heavy atom. The van der Waals surface area contributed by atoms with E-state index in [-0.39, 0.29) is 5.78 Å². The Morgan fingerprint density at radius 3 is 2.88 bits per heavy atom. The van der Waals surface area contributed by atoms with Gasteiger partial charge in [0, 0.05) is 6.42 Å². The highest BCUT2D eigenvalue weighted by Gasteiger charge is 2.14. The van der Waals surface area contributed by atoms with Crippen molar-refractivity contribution in [2.45, 2.75) is 25.4 Å². The first-order valence-corrected chi connectivity index (χ1v) is 7.06. The summed E-state index contributed by atoms with van der Waals surface area (Å²) >= 11 is 7.12. The smallest absolute Gasteiger partial charge is 0.175 e. The van der Waals surface area contributed by atoms with Gasteiger partial charge in [0.1, 0.15) is 0 Å². The van der Waals surface area contributed by atoms with Crippen molar-refractivity contribution >= 4 is 28.7 Å². The number of hydrogen-bond acceptors (Lipinski definition) is 4. The molecule has 0 aromatic carbocycles. The molecule has 1 saturated heterocycles. The molecular weight excluding hydrogens is 258 g/mol. The van der Waals surface area contributed by atoms with Crippen molar-refractivity contribution in [1.82, 2.24) is 5.32 Å². The molecule has 1 N–H and O–H groups in total. The lowest BCUT2D eigenvalue weighted by molar-refractivity contribution is 0.0314. The minimum atomic E-state index is 0.121. The number of nitrogens with one attached hydrogen (secondary N) is 1. The molecule has 0 aliphatic carbocycles. The molecule has 0 atom stereocenters. The number of hydrogen-bond donors (Lipinski definition) is 1. The second-order valence-corrected chi connectivity index (χ2v) is 5.81. The van der Waals surface area contributed by atoms with E-state index in [0.29, 0.717) is 23.5 Å². The van der Waals surface area contributed by atoms with Crippen LogP contribution in [0.25, 0.3) is 0 Å². The molecule has 0 spiro atoms. The van der Waals surface area contributed by atoms with Gasteiger partial charge in [-0.2, -0.15) is 0 Å². The van der Waals surface area contributed by atoms with Crippen LogP contribution in [0.1, 0.15) is 28.9 Å². The van der Waals surface area contributed by atoms with Gasteiger partial charge < -0.3 is 10.1 Å². The fourth-order valence-electron chi connectivity index (χ4n) is 1.87. The zero-order chi connectivity index (χ0) is 12.1. The molecule has 0 radical (unpaired) electrons. The number of rotatable bonds is 5. The van der Waals surface area contributed by atoms with Gasteiger partial charge in [-0.05, 0) is 38.1 Å². The van der Waals surface area contributed by atoms with Crippen LogP contribution in [0.15, 0.2) is 12.1 Å². The molecule has 2 heterocycles. The van der Waals surface area contributed by atoms with Crippen LogP contribution in [-0.2, 0) is 4.74 Å². The Kier molecular flexibility index (Phi) is 4.98. The summed E-state index contributed by atoms with van der Waals surface area (Å²) in [6.07, 6.45) is 2.84. The number of halogens is 1. The maximum absolute atomic E-state index is 11.8. The van der Waals surface area contributed by atoms with Crippen LogP contribution in [-0.4, -0.2) is 31.6 Å². The molecule has 1 aliphatic heterocycles. The normalized spacial score (nSPS) is 17.2. The highest BCUT2D eigenvalue weighted by atomic mass is 35.5. The predicted molar refractivity (Wildman–Crippen MR) is 70.1 cm³/mol. The van der Waals surface area contributed by atoms with E-state index in [1.807, 2.05) is 0 Å². The van der Waals surface area contributed by atoms with Gasteiger partial charge in [-0.15, -0.1) is 11.3 Å². The van der Waals surface area contributed by atoms with Crippen molar-refractivity contribution in [3.05, 3.63) is 21.3 Å². The molecule has 5 heteroatoms. The van der Waals surface area contributed by atoms with Crippen LogP contribution in [0.2, 0.25) is 4.34 Å². The van der Waals surface area contributed by atoms with Crippen molar-refractivity contribution in [2.24, 2.45) is 0 Å². The van der Waals surface area contributed by atoms with Crippen molar-refractivity contribution in [3.63, 3.8) is 0 Å². The number of Topliss-reactive ketones (excluding diaryl/α,β-unsaturated/α-hetero) is 1. The third kappa shape index (κ3) is 4.07. The monoisotopic (exact) mass is 273 g/mol. The second kappa shape index (κ2) is 6.50. The molecule has 1 aromatic heterocycles. The van der Waals surface area contributed by atoms with Crippen LogP contribution < -0.4 is 5.32 Å². The number of ketones is 1. The Morgan fingerprint density at radius 2 is 2.24 bits per heavy atom. The van der Waals surface area contributed by atoms with E-state index in [2.05, 4.69) is 5.32 Å². The van der Waals surface area contributed by atoms with E-state index in [9.17, 15) is 4.79 Å². The Hall–Kier alpha value is -0.420. The van der Waals surface area contributed by atoms with Crippen LogP contribution >= 0.6 is 22.9 Å². The first kappa shape index (κ1) is 13.0. The molecule has 17 heavy (non-hydrogen) atoms. The molecule has 1 fully saturated rings. The van der Waals surface area contributed by atoms with Crippen molar-refractivity contribution in [2.75, 3.05) is 19.7 Å². The summed E-state index contributed by atoms with van der Waals surface area (Å²) in [5, 5.41) is 3.28. The molecular formula is C12H16ClNO2S. The van der Waals surface area contributed by atoms with E-state index in [1.165, 1.54) is 11.3 Å². The average Bonchev–Trinajstić information content (AvgIpc) is 2.77. The molecule has 0 amide bonds. The van der Waals surface area contributed by atoms with E-state index in [1.54, 1.807) is 12.1 Å². The Bertz CT molecular complexity index is 374. The highest BCUT2D eigenvalue weighted by molar-refractivity contribution is 7.18. The molecule has 0 saturated carbocycles. The number of ether oxygens (including phenoxy) is 1. The maximum Gasteiger partial charge on any atom is 0.175 e. The minimum absolute atomic E-state index is 0.121. The molecule has 0 bridgehead atoms. The largest absolute Gasteiger partial charge is 0.378 e. The van der Waals surface area contributed by atoms with Crippen LogP contribution in [0.4, 0.5) is 0 Å². The molecule has 1 aliphatic rings. The standard InChI is InChI=1S/C12H16ClNO2S/c13-12-2-1-11(17-12)10(15)5-8-16-9-3-6-14-7-4-9/h1-2,9,14H,3-8H2. The first-order valence-electron chi connectivity index (χ1n) is 5.86. The minimum Gasteiger partial charge on any atom is -0.378 e. The molecule has 1 aromatic rings. The average molecular weight is 274 g/mol. The summed E-state index contributed by atoms with van der Waals surface area (Å²) in [6, 6.07) is 3.53. The summed E-state index contributed by atoms with van der Waals surface area (Å²) in [4.78, 5) is 12.5. The van der Waals surface area contributed by atoms with Gasteiger partial charge in [0.2, 0.25) is 0 Å². The van der Waals surface area contributed by atoms with E-state index in [0.717, 1.165) is 30.8 Å². The summed E-state index contributed by atoms with van der Waals surface area (Å²) in [7, 11) is 0. The van der Waals surface area contributed by atoms with Gasteiger partial charge in [-0.1, -0.05) is 11.6 Å². The van der Waals surface area contributed by atoms with Crippen molar-refractivity contribution in [1.29, 1.82) is 0 Å². The van der Waals surface area contributed by atoms with Gasteiger partial charge in [-0.3, -0.25) is 4.79 Å². The zero-order valence-electron chi connectivity index (χ0n) is 9.58. The summed E-state index contributed by atoms with van der Waals surface area (Å²) in [6.45, 7) is 2.54. The predicted octanol–water partition coefficient (Wildman–Crippen LogP) is 2.74. The van der Waals surface area contributed by atoms with Crippen LogP contribution in [0.5, 0.6) is 0 Å². The van der Waals surface area contributed by atoms with Crippen LogP contribution in [0.3, 0.4) is 0 Å². The van der Waals surface area contributed by atoms with Gasteiger partial charge in [0.05, 0.1) is 21.9 Å². The highest BCUT2D eigenvalue weighted by Crippen LogP contribution is 2.22. The summed E-state index contributed by atoms with van der Waals surface area (Å²) < 4.78 is 6.35. The number of carbonyl (C=O) groups is 1. The lowest BCUT2D eigenvalue weighted by atomic mass is 10.1. The van der Waals surface area contributed by atoms with Gasteiger partial charge >= 0.3 is 0 Å². The fourth-order valence-corrected chi connectivity index (χ4v) is 2.88. The van der Waals surface area contributed by atoms with Crippen molar-refractivity contribution in [3.8, 4) is 0 Å². The third-order valence-electron chi connectivity index (χ3n) is 2.82. The zero-order valence-corrected chi connectivity index (χ0v) is 11.1.